The highest BCUT2D eigenvalue weighted by Gasteiger charge is 1.97. The zero-order chi connectivity index (χ0) is 8.69. The lowest BCUT2D eigenvalue weighted by Crippen LogP contribution is -2.12. The second-order valence-corrected chi connectivity index (χ2v) is 1.98. The Balaban J connectivity index is 0.000000461. The van der Waals surface area contributed by atoms with E-state index in [1.54, 1.807) is 12.3 Å². The Kier molecular flexibility index (Phi) is 5.07. The number of hydrogen-bond donors (Lipinski definition) is 1. The summed E-state index contributed by atoms with van der Waals surface area (Å²) in [4.78, 5) is 10.6. The molecule has 0 aromatic rings. The summed E-state index contributed by atoms with van der Waals surface area (Å²) in [6.07, 6.45) is 3.99. The summed E-state index contributed by atoms with van der Waals surface area (Å²) in [5.74, 6) is -0.138. The van der Waals surface area contributed by atoms with E-state index in [0.717, 1.165) is 12.0 Å². The molecule has 1 heterocycles. The Bertz CT molecular complexity index is 183. The van der Waals surface area contributed by atoms with Gasteiger partial charge in [-0.2, -0.15) is 5.10 Å². The average molecular weight is 154 g/mol. The second kappa shape index (κ2) is 5.65. The third-order valence-electron chi connectivity index (χ3n) is 1.06. The van der Waals surface area contributed by atoms with Gasteiger partial charge in [-0.25, -0.2) is 5.43 Å². The van der Waals surface area contributed by atoms with E-state index in [0.29, 0.717) is 0 Å². The van der Waals surface area contributed by atoms with Crippen LogP contribution in [0.2, 0.25) is 0 Å². The van der Waals surface area contributed by atoms with Gasteiger partial charge in [0.05, 0.1) is 0 Å². The monoisotopic (exact) mass is 154 g/mol. The summed E-state index contributed by atoms with van der Waals surface area (Å²) in [6, 6.07) is 0. The minimum absolute atomic E-state index is 0.138. The van der Waals surface area contributed by atoms with E-state index in [1.165, 1.54) is 0 Å². The molecule has 11 heavy (non-hydrogen) atoms. The average Bonchev–Trinajstić information content (AvgIpc) is 2.18. The maximum atomic E-state index is 10.6. The van der Waals surface area contributed by atoms with Crippen molar-refractivity contribution < 1.29 is 4.79 Å². The number of carbonyl (C=O) groups excluding carboxylic acids is 1. The van der Waals surface area contributed by atoms with Gasteiger partial charge >= 0.3 is 0 Å². The fourth-order valence-electron chi connectivity index (χ4n) is 0.614. The lowest BCUT2D eigenvalue weighted by molar-refractivity contribution is -0.116. The minimum Gasteiger partial charge on any atom is -0.268 e. The predicted molar refractivity (Wildman–Crippen MR) is 46.4 cm³/mol. The molecular weight excluding hydrogens is 140 g/mol. The number of carbonyl (C=O) groups is 1. The Hall–Kier alpha value is -1.12. The molecule has 1 amide bonds. The van der Waals surface area contributed by atoms with Gasteiger partial charge in [0, 0.05) is 18.7 Å². The Morgan fingerprint density at radius 3 is 2.82 bits per heavy atom. The zero-order valence-corrected chi connectivity index (χ0v) is 7.22. The first kappa shape index (κ1) is 9.88. The number of hydrazone groups is 1. The van der Waals surface area contributed by atoms with Gasteiger partial charge < -0.3 is 0 Å². The molecular formula is C8H14N2O. The smallest absolute Gasteiger partial charge is 0.264 e. The van der Waals surface area contributed by atoms with Crippen LogP contribution in [0.3, 0.4) is 0 Å². The third kappa shape index (κ3) is 4.31. The van der Waals surface area contributed by atoms with Crippen LogP contribution in [-0.2, 0) is 4.79 Å². The maximum Gasteiger partial charge on any atom is 0.264 e. The van der Waals surface area contributed by atoms with Gasteiger partial charge in [-0.3, -0.25) is 4.79 Å². The van der Waals surface area contributed by atoms with Crippen LogP contribution in [0.25, 0.3) is 0 Å². The quantitative estimate of drug-likeness (QED) is 0.564. The lowest BCUT2D eigenvalue weighted by Gasteiger charge is -1.87. The van der Waals surface area contributed by atoms with Crippen LogP contribution in [0.1, 0.15) is 27.2 Å². The van der Waals surface area contributed by atoms with Crippen LogP contribution in [0, 0.1) is 0 Å². The Morgan fingerprint density at radius 1 is 1.55 bits per heavy atom. The number of allylic oxidation sites excluding steroid dienone is 1. The third-order valence-corrected chi connectivity index (χ3v) is 1.06. The van der Waals surface area contributed by atoms with E-state index < -0.39 is 0 Å². The summed E-state index contributed by atoms with van der Waals surface area (Å²) in [7, 11) is 0. The van der Waals surface area contributed by atoms with Crippen LogP contribution >= 0.6 is 0 Å². The van der Waals surface area contributed by atoms with Gasteiger partial charge in [-0.1, -0.05) is 19.4 Å². The number of rotatable bonds is 0. The SMILES string of the molecule is CC.CC1=CC(=O)NN=CC1. The van der Waals surface area contributed by atoms with Gasteiger partial charge in [0.25, 0.3) is 5.91 Å². The van der Waals surface area contributed by atoms with E-state index in [9.17, 15) is 4.79 Å². The predicted octanol–water partition coefficient (Wildman–Crippen LogP) is 1.46. The van der Waals surface area contributed by atoms with Gasteiger partial charge in [0.2, 0.25) is 0 Å². The molecule has 0 fully saturated rings. The van der Waals surface area contributed by atoms with Crippen molar-refractivity contribution in [3.05, 3.63) is 11.6 Å². The number of amides is 1. The Morgan fingerprint density at radius 2 is 2.18 bits per heavy atom. The molecule has 1 aliphatic heterocycles. The molecule has 0 bridgehead atoms. The molecule has 0 saturated heterocycles. The van der Waals surface area contributed by atoms with E-state index >= 15 is 0 Å². The topological polar surface area (TPSA) is 41.5 Å². The first-order valence-electron chi connectivity index (χ1n) is 3.78. The van der Waals surface area contributed by atoms with Crippen LogP contribution < -0.4 is 5.43 Å². The summed E-state index contributed by atoms with van der Waals surface area (Å²) in [5.41, 5.74) is 3.36. The molecule has 0 unspecified atom stereocenters. The number of nitrogens with zero attached hydrogens (tertiary/aromatic N) is 1. The van der Waals surface area contributed by atoms with Crippen molar-refractivity contribution in [2.24, 2.45) is 5.10 Å². The van der Waals surface area contributed by atoms with Crippen LogP contribution in [0.5, 0.6) is 0 Å². The molecule has 0 atom stereocenters. The van der Waals surface area contributed by atoms with E-state index in [-0.39, 0.29) is 5.91 Å². The summed E-state index contributed by atoms with van der Waals surface area (Å²) < 4.78 is 0. The standard InChI is InChI=1S/C6H8N2O.C2H6/c1-5-2-3-7-8-6(9)4-5;1-2/h3-4H,2H2,1H3,(H,8,9);1-2H3. The molecule has 0 saturated carbocycles. The van der Waals surface area contributed by atoms with E-state index in [2.05, 4.69) is 10.5 Å². The molecule has 0 spiro atoms. The first-order valence-corrected chi connectivity index (χ1v) is 3.78. The van der Waals surface area contributed by atoms with Crippen molar-refractivity contribution in [1.29, 1.82) is 0 Å². The lowest BCUT2D eigenvalue weighted by atomic mass is 10.2. The van der Waals surface area contributed by atoms with E-state index in [4.69, 9.17) is 0 Å². The van der Waals surface area contributed by atoms with Crippen molar-refractivity contribution >= 4 is 12.1 Å². The summed E-state index contributed by atoms with van der Waals surface area (Å²) >= 11 is 0. The first-order chi connectivity index (χ1) is 5.29. The van der Waals surface area contributed by atoms with Crippen LogP contribution in [0.15, 0.2) is 16.8 Å². The molecule has 3 nitrogen and oxygen atoms in total. The Labute approximate surface area is 67.2 Å². The van der Waals surface area contributed by atoms with Crippen molar-refractivity contribution in [2.45, 2.75) is 27.2 Å². The van der Waals surface area contributed by atoms with Gasteiger partial charge in [-0.15, -0.1) is 0 Å². The molecule has 62 valence electrons. The van der Waals surface area contributed by atoms with Crippen molar-refractivity contribution in [3.8, 4) is 0 Å². The zero-order valence-electron chi connectivity index (χ0n) is 7.22. The maximum absolute atomic E-state index is 10.6. The highest BCUT2D eigenvalue weighted by molar-refractivity contribution is 5.90. The molecule has 0 aromatic carbocycles. The van der Waals surface area contributed by atoms with Crippen molar-refractivity contribution in [1.82, 2.24) is 5.43 Å². The minimum atomic E-state index is -0.138. The molecule has 3 heteroatoms. The molecule has 1 rings (SSSR count). The van der Waals surface area contributed by atoms with E-state index in [1.807, 2.05) is 20.8 Å². The summed E-state index contributed by atoms with van der Waals surface area (Å²) in [5, 5.41) is 3.63. The number of hydrogen-bond acceptors (Lipinski definition) is 2. The largest absolute Gasteiger partial charge is 0.268 e. The fourth-order valence-corrected chi connectivity index (χ4v) is 0.614. The van der Waals surface area contributed by atoms with Gasteiger partial charge in [-0.05, 0) is 6.92 Å². The molecule has 1 N–H and O–H groups in total. The molecule has 0 aliphatic carbocycles. The van der Waals surface area contributed by atoms with Crippen molar-refractivity contribution in [3.63, 3.8) is 0 Å². The van der Waals surface area contributed by atoms with Crippen LogP contribution in [0.4, 0.5) is 0 Å². The van der Waals surface area contributed by atoms with Gasteiger partial charge in [0.1, 0.15) is 0 Å². The van der Waals surface area contributed by atoms with Crippen LogP contribution in [-0.4, -0.2) is 12.1 Å². The van der Waals surface area contributed by atoms with Crippen molar-refractivity contribution in [2.75, 3.05) is 0 Å². The summed E-state index contributed by atoms with van der Waals surface area (Å²) in [6.45, 7) is 5.90. The highest BCUT2D eigenvalue weighted by atomic mass is 16.2. The number of nitrogens with one attached hydrogen (secondary N) is 1. The van der Waals surface area contributed by atoms with Gasteiger partial charge in [0.15, 0.2) is 0 Å². The molecule has 1 aliphatic rings. The fraction of sp³-hybridized carbons (Fsp3) is 0.500. The highest BCUT2D eigenvalue weighted by Crippen LogP contribution is 1.98. The second-order valence-electron chi connectivity index (χ2n) is 1.98. The molecule has 0 aromatic heterocycles. The molecule has 0 radical (unpaired) electrons. The normalized spacial score (nSPS) is 15.5.